The molecule has 0 atom stereocenters. The molecule has 0 radical (unpaired) electrons. The summed E-state index contributed by atoms with van der Waals surface area (Å²) in [5.41, 5.74) is 0.796. The molecule has 0 bridgehead atoms. The van der Waals surface area contributed by atoms with E-state index >= 15 is 0 Å². The number of aryl methyl sites for hydroxylation is 1. The van der Waals surface area contributed by atoms with E-state index in [1.807, 2.05) is 0 Å². The molecule has 1 fully saturated rings. The van der Waals surface area contributed by atoms with Gasteiger partial charge in [0.25, 0.3) is 0 Å². The molecule has 1 aromatic rings. The third-order valence-electron chi connectivity index (χ3n) is 3.35. The lowest BCUT2D eigenvalue weighted by Crippen LogP contribution is -2.11. The van der Waals surface area contributed by atoms with Gasteiger partial charge in [-0.1, -0.05) is 18.9 Å². The SMILES string of the molecule is C=CCSc1nc(C2CCCC2)nc(C)c1C(=O)O. The lowest BCUT2D eigenvalue weighted by atomic mass is 10.1. The van der Waals surface area contributed by atoms with Gasteiger partial charge in [-0.15, -0.1) is 18.3 Å². The molecule has 102 valence electrons. The van der Waals surface area contributed by atoms with Crippen molar-refractivity contribution in [1.29, 1.82) is 0 Å². The highest BCUT2D eigenvalue weighted by Gasteiger charge is 2.24. The summed E-state index contributed by atoms with van der Waals surface area (Å²) in [6, 6.07) is 0. The fraction of sp³-hybridized carbons (Fsp3) is 0.500. The molecular weight excluding hydrogens is 260 g/mol. The molecule has 5 heteroatoms. The Morgan fingerprint density at radius 1 is 1.47 bits per heavy atom. The first-order chi connectivity index (χ1) is 9.13. The number of thioether (sulfide) groups is 1. The first-order valence-corrected chi connectivity index (χ1v) is 7.47. The number of hydrogen-bond acceptors (Lipinski definition) is 4. The van der Waals surface area contributed by atoms with Crippen molar-refractivity contribution in [2.75, 3.05) is 5.75 Å². The van der Waals surface area contributed by atoms with E-state index in [-0.39, 0.29) is 5.56 Å². The van der Waals surface area contributed by atoms with E-state index < -0.39 is 5.97 Å². The number of hydrogen-bond donors (Lipinski definition) is 1. The molecule has 0 saturated heterocycles. The summed E-state index contributed by atoms with van der Waals surface area (Å²) in [4.78, 5) is 20.2. The maximum atomic E-state index is 11.3. The van der Waals surface area contributed by atoms with Gasteiger partial charge in [0.15, 0.2) is 0 Å². The molecule has 1 aliphatic carbocycles. The van der Waals surface area contributed by atoms with E-state index in [2.05, 4.69) is 16.5 Å². The van der Waals surface area contributed by atoms with E-state index in [0.29, 0.717) is 22.4 Å². The number of aromatic carboxylic acids is 1. The number of carboxylic acid groups (broad SMARTS) is 1. The zero-order chi connectivity index (χ0) is 13.8. The Morgan fingerprint density at radius 3 is 2.74 bits per heavy atom. The topological polar surface area (TPSA) is 63.1 Å². The highest BCUT2D eigenvalue weighted by Crippen LogP contribution is 2.34. The van der Waals surface area contributed by atoms with E-state index in [1.165, 1.54) is 24.6 Å². The summed E-state index contributed by atoms with van der Waals surface area (Å²) >= 11 is 1.41. The first kappa shape index (κ1) is 14.1. The van der Waals surface area contributed by atoms with Crippen molar-refractivity contribution in [1.82, 2.24) is 9.97 Å². The van der Waals surface area contributed by atoms with Gasteiger partial charge >= 0.3 is 5.97 Å². The average Bonchev–Trinajstić information content (AvgIpc) is 2.88. The largest absolute Gasteiger partial charge is 0.478 e. The smallest absolute Gasteiger partial charge is 0.340 e. The van der Waals surface area contributed by atoms with E-state index in [9.17, 15) is 9.90 Å². The second-order valence-corrected chi connectivity index (χ2v) is 5.74. The number of nitrogens with zero attached hydrogens (tertiary/aromatic N) is 2. The van der Waals surface area contributed by atoms with E-state index in [0.717, 1.165) is 18.7 Å². The van der Waals surface area contributed by atoms with Crippen LogP contribution in [0, 0.1) is 6.92 Å². The average molecular weight is 278 g/mol. The van der Waals surface area contributed by atoms with Crippen molar-refractivity contribution >= 4 is 17.7 Å². The first-order valence-electron chi connectivity index (χ1n) is 6.49. The molecule has 1 N–H and O–H groups in total. The molecule has 4 nitrogen and oxygen atoms in total. The van der Waals surface area contributed by atoms with Gasteiger partial charge in [-0.2, -0.15) is 0 Å². The van der Waals surface area contributed by atoms with Gasteiger partial charge in [0, 0.05) is 11.7 Å². The molecule has 2 rings (SSSR count). The lowest BCUT2D eigenvalue weighted by Gasteiger charge is -2.13. The monoisotopic (exact) mass is 278 g/mol. The number of aromatic nitrogens is 2. The van der Waals surface area contributed by atoms with Crippen molar-refractivity contribution < 1.29 is 9.90 Å². The lowest BCUT2D eigenvalue weighted by molar-refractivity contribution is 0.0690. The quantitative estimate of drug-likeness (QED) is 0.508. The van der Waals surface area contributed by atoms with Crippen LogP contribution in [0.25, 0.3) is 0 Å². The van der Waals surface area contributed by atoms with E-state index in [4.69, 9.17) is 0 Å². The van der Waals surface area contributed by atoms with Crippen LogP contribution in [0.3, 0.4) is 0 Å². The number of rotatable bonds is 5. The number of carboxylic acids is 1. The zero-order valence-electron chi connectivity index (χ0n) is 11.1. The van der Waals surface area contributed by atoms with Crippen LogP contribution in [0.1, 0.15) is 53.5 Å². The maximum absolute atomic E-state index is 11.3. The standard InChI is InChI=1S/C14H18N2O2S/c1-3-8-19-13-11(14(17)18)9(2)15-12(16-13)10-6-4-5-7-10/h3,10H,1,4-8H2,2H3,(H,17,18). The molecule has 19 heavy (non-hydrogen) atoms. The van der Waals surface area contributed by atoms with Crippen LogP contribution in [-0.2, 0) is 0 Å². The van der Waals surface area contributed by atoms with Crippen LogP contribution >= 0.6 is 11.8 Å². The molecule has 0 aliphatic heterocycles. The summed E-state index contributed by atoms with van der Waals surface area (Å²) in [5, 5.41) is 9.85. The van der Waals surface area contributed by atoms with Crippen LogP contribution in [0.5, 0.6) is 0 Å². The van der Waals surface area contributed by atoms with Crippen LogP contribution in [0.4, 0.5) is 0 Å². The maximum Gasteiger partial charge on any atom is 0.340 e. The molecule has 0 spiro atoms. The van der Waals surface area contributed by atoms with Crippen molar-refractivity contribution in [2.45, 2.75) is 43.6 Å². The normalized spacial score (nSPS) is 15.6. The van der Waals surface area contributed by atoms with Crippen molar-refractivity contribution in [3.05, 3.63) is 29.7 Å². The molecule has 0 amide bonds. The Morgan fingerprint density at radius 2 is 2.16 bits per heavy atom. The highest BCUT2D eigenvalue weighted by molar-refractivity contribution is 7.99. The second-order valence-electron chi connectivity index (χ2n) is 4.73. The molecule has 1 saturated carbocycles. The van der Waals surface area contributed by atoms with Crippen LogP contribution in [0.2, 0.25) is 0 Å². The minimum Gasteiger partial charge on any atom is -0.478 e. The van der Waals surface area contributed by atoms with Gasteiger partial charge in [0.1, 0.15) is 16.4 Å². The molecule has 1 heterocycles. The molecule has 1 aromatic heterocycles. The van der Waals surface area contributed by atoms with Crippen LogP contribution in [-0.4, -0.2) is 26.8 Å². The fourth-order valence-electron chi connectivity index (χ4n) is 2.42. The van der Waals surface area contributed by atoms with Crippen molar-refractivity contribution in [2.24, 2.45) is 0 Å². The van der Waals surface area contributed by atoms with Gasteiger partial charge in [-0.05, 0) is 19.8 Å². The van der Waals surface area contributed by atoms with Crippen LogP contribution < -0.4 is 0 Å². The van der Waals surface area contributed by atoms with Gasteiger partial charge in [-0.25, -0.2) is 14.8 Å². The molecule has 0 aromatic carbocycles. The number of carbonyl (C=O) groups is 1. The summed E-state index contributed by atoms with van der Waals surface area (Å²) in [5.74, 6) is 0.902. The van der Waals surface area contributed by atoms with E-state index in [1.54, 1.807) is 13.0 Å². The molecular formula is C14H18N2O2S. The Labute approximate surface area is 117 Å². The van der Waals surface area contributed by atoms with Crippen molar-refractivity contribution in [3.63, 3.8) is 0 Å². The third-order valence-corrected chi connectivity index (χ3v) is 4.32. The summed E-state index contributed by atoms with van der Waals surface area (Å²) < 4.78 is 0. The molecule has 1 aliphatic rings. The fourth-order valence-corrected chi connectivity index (χ4v) is 3.24. The Hall–Kier alpha value is -1.36. The minimum atomic E-state index is -0.956. The van der Waals surface area contributed by atoms with Gasteiger partial charge in [-0.3, -0.25) is 0 Å². The minimum absolute atomic E-state index is 0.230. The summed E-state index contributed by atoms with van der Waals surface area (Å²) in [6.07, 6.45) is 6.39. The zero-order valence-corrected chi connectivity index (χ0v) is 11.9. The van der Waals surface area contributed by atoms with Gasteiger partial charge in [0.2, 0.25) is 0 Å². The predicted octanol–water partition coefficient (Wildman–Crippen LogP) is 3.42. The van der Waals surface area contributed by atoms with Gasteiger partial charge in [0.05, 0.1) is 5.69 Å². The highest BCUT2D eigenvalue weighted by atomic mass is 32.2. The second kappa shape index (κ2) is 6.19. The Balaban J connectivity index is 2.39. The predicted molar refractivity (Wildman–Crippen MR) is 75.9 cm³/mol. The van der Waals surface area contributed by atoms with Gasteiger partial charge < -0.3 is 5.11 Å². The van der Waals surface area contributed by atoms with Crippen molar-refractivity contribution in [3.8, 4) is 0 Å². The van der Waals surface area contributed by atoms with Crippen LogP contribution in [0.15, 0.2) is 17.7 Å². The Bertz CT molecular complexity index is 496. The molecule has 0 unspecified atom stereocenters. The summed E-state index contributed by atoms with van der Waals surface area (Å²) in [6.45, 7) is 5.41. The Kier molecular flexibility index (Phi) is 4.58. The third kappa shape index (κ3) is 3.15. The summed E-state index contributed by atoms with van der Waals surface area (Å²) in [7, 11) is 0.